The lowest BCUT2D eigenvalue weighted by Gasteiger charge is -2.06. The fraction of sp³-hybridized carbons (Fsp3) is 0.273. The molecule has 0 aliphatic rings. The molecule has 0 atom stereocenters. The van der Waals surface area contributed by atoms with Gasteiger partial charge in [0.15, 0.2) is 0 Å². The molecule has 15 heavy (non-hydrogen) atoms. The van der Waals surface area contributed by atoms with Gasteiger partial charge in [-0.2, -0.15) is 0 Å². The Kier molecular flexibility index (Phi) is 2.78. The predicted octanol–water partition coefficient (Wildman–Crippen LogP) is 1.29. The second-order valence-corrected chi connectivity index (χ2v) is 3.29. The molecule has 0 bridgehead atoms. The molecule has 0 spiro atoms. The van der Waals surface area contributed by atoms with Gasteiger partial charge in [0, 0.05) is 31.6 Å². The van der Waals surface area contributed by atoms with Crippen molar-refractivity contribution in [1.29, 1.82) is 0 Å². The van der Waals surface area contributed by atoms with Crippen LogP contribution in [0.3, 0.4) is 0 Å². The zero-order chi connectivity index (χ0) is 10.7. The topological polar surface area (TPSA) is 56.7 Å². The van der Waals surface area contributed by atoms with Gasteiger partial charge in [-0.05, 0) is 17.7 Å². The van der Waals surface area contributed by atoms with Crippen LogP contribution < -0.4 is 5.73 Å². The number of nitrogens with two attached hydrogens (primary N) is 1. The quantitative estimate of drug-likeness (QED) is 0.815. The average Bonchev–Trinajstić information content (AvgIpc) is 2.77. The number of hydrogen-bond acceptors (Lipinski definition) is 3. The highest BCUT2D eigenvalue weighted by Crippen LogP contribution is 2.10. The highest BCUT2D eigenvalue weighted by molar-refractivity contribution is 5.29. The van der Waals surface area contributed by atoms with Crippen molar-refractivity contribution < 1.29 is 0 Å². The van der Waals surface area contributed by atoms with Crippen molar-refractivity contribution in [3.8, 4) is 5.82 Å². The molecule has 0 aromatic carbocycles. The van der Waals surface area contributed by atoms with E-state index in [1.54, 1.807) is 12.4 Å². The number of hydrogen-bond donors (Lipinski definition) is 1. The molecule has 2 N–H and O–H groups in total. The van der Waals surface area contributed by atoms with Crippen molar-refractivity contribution in [1.82, 2.24) is 14.5 Å². The van der Waals surface area contributed by atoms with E-state index < -0.39 is 0 Å². The molecule has 0 saturated carbocycles. The molecule has 2 aromatic rings. The Morgan fingerprint density at radius 2 is 2.20 bits per heavy atom. The second kappa shape index (κ2) is 4.23. The lowest BCUT2D eigenvalue weighted by molar-refractivity contribution is 0.863. The van der Waals surface area contributed by atoms with Crippen LogP contribution in [0.25, 0.3) is 5.82 Å². The van der Waals surface area contributed by atoms with Crippen molar-refractivity contribution in [2.45, 2.75) is 19.9 Å². The first kappa shape index (κ1) is 9.86. The predicted molar refractivity (Wildman–Crippen MR) is 58.6 cm³/mol. The number of aryl methyl sites for hydroxylation is 1. The van der Waals surface area contributed by atoms with Crippen molar-refractivity contribution in [3.05, 3.63) is 42.1 Å². The van der Waals surface area contributed by atoms with Gasteiger partial charge in [-0.25, -0.2) is 9.97 Å². The fourth-order valence-corrected chi connectivity index (χ4v) is 1.52. The fourth-order valence-electron chi connectivity index (χ4n) is 1.52. The van der Waals surface area contributed by atoms with Gasteiger partial charge >= 0.3 is 0 Å². The van der Waals surface area contributed by atoms with E-state index in [0.29, 0.717) is 6.54 Å². The maximum atomic E-state index is 5.59. The van der Waals surface area contributed by atoms with Gasteiger partial charge in [0.05, 0.1) is 0 Å². The molecular weight excluding hydrogens is 188 g/mol. The number of rotatable bonds is 3. The molecule has 78 valence electrons. The molecular formula is C11H14N4. The normalized spacial score (nSPS) is 10.5. The summed E-state index contributed by atoms with van der Waals surface area (Å²) in [6, 6.07) is 3.91. The summed E-state index contributed by atoms with van der Waals surface area (Å²) in [5, 5.41) is 0. The lowest BCUT2D eigenvalue weighted by atomic mass is 10.2. The maximum absolute atomic E-state index is 5.59. The van der Waals surface area contributed by atoms with Gasteiger partial charge in [-0.3, -0.25) is 4.57 Å². The van der Waals surface area contributed by atoms with E-state index in [1.807, 2.05) is 22.9 Å². The third kappa shape index (κ3) is 1.89. The van der Waals surface area contributed by atoms with Crippen LogP contribution in [0.15, 0.2) is 30.7 Å². The van der Waals surface area contributed by atoms with Gasteiger partial charge in [-0.1, -0.05) is 6.92 Å². The van der Waals surface area contributed by atoms with Crippen molar-refractivity contribution in [2.75, 3.05) is 0 Å². The summed E-state index contributed by atoms with van der Waals surface area (Å²) in [6.07, 6.45) is 6.37. The molecule has 0 aliphatic heterocycles. The Labute approximate surface area is 88.8 Å². The summed E-state index contributed by atoms with van der Waals surface area (Å²) in [4.78, 5) is 8.56. The summed E-state index contributed by atoms with van der Waals surface area (Å²) >= 11 is 0. The van der Waals surface area contributed by atoms with Crippen LogP contribution in [-0.4, -0.2) is 14.5 Å². The minimum atomic E-state index is 0.533. The number of nitrogens with zero attached hydrogens (tertiary/aromatic N) is 3. The molecule has 0 radical (unpaired) electrons. The minimum Gasteiger partial charge on any atom is -0.326 e. The molecule has 2 aromatic heterocycles. The summed E-state index contributed by atoms with van der Waals surface area (Å²) < 4.78 is 1.99. The lowest BCUT2D eigenvalue weighted by Crippen LogP contribution is -2.04. The highest BCUT2D eigenvalue weighted by Gasteiger charge is 2.03. The van der Waals surface area contributed by atoms with Crippen LogP contribution in [0.4, 0.5) is 0 Å². The minimum absolute atomic E-state index is 0.533. The first-order valence-corrected chi connectivity index (χ1v) is 5.02. The van der Waals surface area contributed by atoms with Crippen molar-refractivity contribution >= 4 is 0 Å². The summed E-state index contributed by atoms with van der Waals surface area (Å²) in [7, 11) is 0. The van der Waals surface area contributed by atoms with Gasteiger partial charge in [0.2, 0.25) is 0 Å². The Hall–Kier alpha value is -1.68. The molecule has 0 amide bonds. The molecule has 0 fully saturated rings. The van der Waals surface area contributed by atoms with E-state index in [9.17, 15) is 0 Å². The van der Waals surface area contributed by atoms with E-state index >= 15 is 0 Å². The molecule has 0 unspecified atom stereocenters. The summed E-state index contributed by atoms with van der Waals surface area (Å²) in [5.41, 5.74) is 6.67. The summed E-state index contributed by atoms with van der Waals surface area (Å²) in [5.74, 6) is 1.89. The van der Waals surface area contributed by atoms with E-state index in [0.717, 1.165) is 23.6 Å². The molecule has 2 heterocycles. The standard InChI is InChI=1S/C11H14N4/c1-2-10-14-5-6-15(10)11-7-9(8-12)3-4-13-11/h3-7H,2,8,12H2,1H3. The Bertz CT molecular complexity index is 447. The number of pyridine rings is 1. The van der Waals surface area contributed by atoms with Crippen molar-refractivity contribution in [3.63, 3.8) is 0 Å². The van der Waals surface area contributed by atoms with Crippen LogP contribution in [0.5, 0.6) is 0 Å². The largest absolute Gasteiger partial charge is 0.326 e. The second-order valence-electron chi connectivity index (χ2n) is 3.29. The van der Waals surface area contributed by atoms with E-state index in [-0.39, 0.29) is 0 Å². The Morgan fingerprint density at radius 1 is 1.33 bits per heavy atom. The Balaban J connectivity index is 2.44. The van der Waals surface area contributed by atoms with Crippen LogP contribution in [-0.2, 0) is 13.0 Å². The number of aromatic nitrogens is 3. The first-order valence-electron chi connectivity index (χ1n) is 5.02. The molecule has 0 aliphatic carbocycles. The zero-order valence-electron chi connectivity index (χ0n) is 8.72. The van der Waals surface area contributed by atoms with Gasteiger partial charge < -0.3 is 5.73 Å². The monoisotopic (exact) mass is 202 g/mol. The van der Waals surface area contributed by atoms with Crippen LogP contribution in [0, 0.1) is 0 Å². The molecule has 4 heteroatoms. The van der Waals surface area contributed by atoms with Gasteiger partial charge in [-0.15, -0.1) is 0 Å². The van der Waals surface area contributed by atoms with Crippen LogP contribution in [0.1, 0.15) is 18.3 Å². The first-order chi connectivity index (χ1) is 7.35. The van der Waals surface area contributed by atoms with Gasteiger partial charge in [0.25, 0.3) is 0 Å². The highest BCUT2D eigenvalue weighted by atomic mass is 15.1. The average molecular weight is 202 g/mol. The SMILES string of the molecule is CCc1nccn1-c1cc(CN)ccn1. The van der Waals surface area contributed by atoms with Crippen molar-refractivity contribution in [2.24, 2.45) is 5.73 Å². The number of imidazole rings is 1. The smallest absolute Gasteiger partial charge is 0.138 e. The maximum Gasteiger partial charge on any atom is 0.138 e. The Morgan fingerprint density at radius 3 is 2.93 bits per heavy atom. The third-order valence-electron chi connectivity index (χ3n) is 2.33. The molecule has 2 rings (SSSR count). The van der Waals surface area contributed by atoms with E-state index in [4.69, 9.17) is 5.73 Å². The summed E-state index contributed by atoms with van der Waals surface area (Å²) in [6.45, 7) is 2.61. The molecule has 4 nitrogen and oxygen atoms in total. The van der Waals surface area contributed by atoms with E-state index in [1.165, 1.54) is 0 Å². The van der Waals surface area contributed by atoms with Crippen LogP contribution in [0.2, 0.25) is 0 Å². The van der Waals surface area contributed by atoms with Gasteiger partial charge in [0.1, 0.15) is 11.6 Å². The third-order valence-corrected chi connectivity index (χ3v) is 2.33. The van der Waals surface area contributed by atoms with Crippen LogP contribution >= 0.6 is 0 Å². The van der Waals surface area contributed by atoms with E-state index in [2.05, 4.69) is 16.9 Å². The molecule has 0 saturated heterocycles. The zero-order valence-corrected chi connectivity index (χ0v) is 8.72.